The second-order valence-electron chi connectivity index (χ2n) is 7.52. The van der Waals surface area contributed by atoms with Crippen LogP contribution < -0.4 is 25.0 Å². The Morgan fingerprint density at radius 1 is 1.06 bits per heavy atom. The van der Waals surface area contributed by atoms with Gasteiger partial charge in [0, 0.05) is 42.4 Å². The van der Waals surface area contributed by atoms with E-state index < -0.39 is 0 Å². The summed E-state index contributed by atoms with van der Waals surface area (Å²) in [5.41, 5.74) is 1.90. The molecule has 1 saturated heterocycles. The van der Waals surface area contributed by atoms with Gasteiger partial charge in [-0.05, 0) is 26.0 Å². The molecular formula is C21H25N7O3. The summed E-state index contributed by atoms with van der Waals surface area (Å²) in [5.74, 6) is 0.331. The summed E-state index contributed by atoms with van der Waals surface area (Å²) in [7, 11) is 3.00. The Bertz CT molecular complexity index is 1080. The highest BCUT2D eigenvalue weighted by Crippen LogP contribution is 2.30. The highest BCUT2D eigenvalue weighted by atomic mass is 16.5. The van der Waals surface area contributed by atoms with Crippen LogP contribution in [0.1, 0.15) is 24.2 Å². The maximum absolute atomic E-state index is 13.0. The van der Waals surface area contributed by atoms with Crippen molar-refractivity contribution in [1.82, 2.24) is 25.3 Å². The molecule has 1 amide bonds. The number of anilines is 2. The normalized spacial score (nSPS) is 18.6. The first kappa shape index (κ1) is 20.7. The van der Waals surface area contributed by atoms with Gasteiger partial charge in [0.15, 0.2) is 5.82 Å². The van der Waals surface area contributed by atoms with Crippen LogP contribution in [0.4, 0.5) is 11.5 Å². The fourth-order valence-electron chi connectivity index (χ4n) is 3.84. The summed E-state index contributed by atoms with van der Waals surface area (Å²) in [6.07, 6.45) is 4.58. The lowest BCUT2D eigenvalue weighted by Gasteiger charge is -2.38. The average Bonchev–Trinajstić information content (AvgIpc) is 2.77. The molecule has 2 unspecified atom stereocenters. The second kappa shape index (κ2) is 8.68. The molecule has 2 N–H and O–H groups in total. The highest BCUT2D eigenvalue weighted by Gasteiger charge is 2.24. The average molecular weight is 423 g/mol. The molecule has 10 heteroatoms. The van der Waals surface area contributed by atoms with Crippen molar-refractivity contribution in [3.63, 3.8) is 0 Å². The minimum absolute atomic E-state index is 0.199. The Balaban J connectivity index is 1.72. The van der Waals surface area contributed by atoms with E-state index in [1.54, 1.807) is 12.3 Å². The van der Waals surface area contributed by atoms with E-state index in [9.17, 15) is 4.79 Å². The van der Waals surface area contributed by atoms with Crippen molar-refractivity contribution in [1.29, 1.82) is 0 Å². The third-order valence-electron chi connectivity index (χ3n) is 5.11. The monoisotopic (exact) mass is 423 g/mol. The van der Waals surface area contributed by atoms with Crippen molar-refractivity contribution >= 4 is 28.3 Å². The predicted molar refractivity (Wildman–Crippen MR) is 117 cm³/mol. The van der Waals surface area contributed by atoms with Crippen molar-refractivity contribution < 1.29 is 14.3 Å². The first-order valence-electron chi connectivity index (χ1n) is 10.0. The maximum atomic E-state index is 13.0. The lowest BCUT2D eigenvalue weighted by Crippen LogP contribution is -2.54. The topological polar surface area (TPSA) is 114 Å². The number of ether oxygens (including phenoxy) is 2. The number of fused-ring (bicyclic) bond motifs is 1. The quantitative estimate of drug-likeness (QED) is 0.635. The van der Waals surface area contributed by atoms with E-state index in [1.165, 1.54) is 26.6 Å². The molecule has 0 aliphatic carbocycles. The van der Waals surface area contributed by atoms with Crippen molar-refractivity contribution in [3.05, 3.63) is 36.3 Å². The lowest BCUT2D eigenvalue weighted by molar-refractivity contribution is 0.102. The number of methoxy groups -OCH3 is 2. The SMILES string of the molecule is COc1cnc(NC(=O)c2ccc(N3CC(C)NC(C)C3)c3cnc(OC)nc23)cn1. The zero-order chi connectivity index (χ0) is 22.0. The number of carbonyl (C=O) groups excluding carboxylic acids is 1. The molecule has 3 heterocycles. The second-order valence-corrected chi connectivity index (χ2v) is 7.52. The first-order valence-corrected chi connectivity index (χ1v) is 10.0. The molecule has 1 fully saturated rings. The third kappa shape index (κ3) is 4.33. The zero-order valence-corrected chi connectivity index (χ0v) is 17.9. The number of hydrogen-bond acceptors (Lipinski definition) is 9. The number of carbonyl (C=O) groups is 1. The van der Waals surface area contributed by atoms with Crippen LogP contribution in [-0.4, -0.2) is 65.2 Å². The maximum Gasteiger partial charge on any atom is 0.316 e. The molecule has 0 spiro atoms. The van der Waals surface area contributed by atoms with E-state index in [1.807, 2.05) is 6.07 Å². The molecule has 2 atom stereocenters. The summed E-state index contributed by atoms with van der Waals surface area (Å²) < 4.78 is 10.2. The van der Waals surface area contributed by atoms with Gasteiger partial charge in [-0.25, -0.2) is 15.0 Å². The van der Waals surface area contributed by atoms with Gasteiger partial charge in [-0.15, -0.1) is 0 Å². The van der Waals surface area contributed by atoms with Crippen molar-refractivity contribution in [2.24, 2.45) is 0 Å². The number of aromatic nitrogens is 4. The van der Waals surface area contributed by atoms with Gasteiger partial charge in [-0.1, -0.05) is 0 Å². The molecule has 1 aliphatic rings. The largest absolute Gasteiger partial charge is 0.480 e. The number of hydrogen-bond donors (Lipinski definition) is 2. The zero-order valence-electron chi connectivity index (χ0n) is 17.9. The summed E-state index contributed by atoms with van der Waals surface area (Å²) in [5, 5.41) is 7.08. The van der Waals surface area contributed by atoms with Crippen LogP contribution in [0.5, 0.6) is 11.9 Å². The fourth-order valence-corrected chi connectivity index (χ4v) is 3.84. The highest BCUT2D eigenvalue weighted by molar-refractivity contribution is 6.13. The van der Waals surface area contributed by atoms with Crippen LogP contribution in [0.25, 0.3) is 10.9 Å². The van der Waals surface area contributed by atoms with Gasteiger partial charge >= 0.3 is 6.01 Å². The standard InChI is InChI=1S/C21H25N7O3/c1-12-10-28(11-13(2)25-12)16-6-5-14(19-15(16)7-24-21(27-19)31-4)20(29)26-17-8-23-18(30-3)9-22-17/h5-9,12-13,25H,10-11H2,1-4H3,(H,22,26,29). The number of rotatable bonds is 5. The van der Waals surface area contributed by atoms with E-state index in [0.717, 1.165) is 24.2 Å². The van der Waals surface area contributed by atoms with E-state index in [4.69, 9.17) is 9.47 Å². The fraction of sp³-hybridized carbons (Fsp3) is 0.381. The molecule has 1 aromatic carbocycles. The van der Waals surface area contributed by atoms with Crippen molar-refractivity contribution in [2.75, 3.05) is 37.5 Å². The van der Waals surface area contributed by atoms with Crippen LogP contribution in [0.3, 0.4) is 0 Å². The Morgan fingerprint density at radius 2 is 1.84 bits per heavy atom. The summed E-state index contributed by atoms with van der Waals surface area (Å²) in [6.45, 7) is 6.00. The Kier molecular flexibility index (Phi) is 5.81. The minimum atomic E-state index is -0.348. The van der Waals surface area contributed by atoms with Gasteiger partial charge in [-0.2, -0.15) is 4.98 Å². The molecule has 3 aromatic rings. The van der Waals surface area contributed by atoms with Gasteiger partial charge in [0.2, 0.25) is 5.88 Å². The van der Waals surface area contributed by atoms with Crippen LogP contribution >= 0.6 is 0 Å². The molecule has 162 valence electrons. The molecule has 31 heavy (non-hydrogen) atoms. The third-order valence-corrected chi connectivity index (χ3v) is 5.11. The van der Waals surface area contributed by atoms with Crippen LogP contribution in [0.2, 0.25) is 0 Å². The molecule has 0 saturated carbocycles. The van der Waals surface area contributed by atoms with Gasteiger partial charge < -0.3 is 25.0 Å². The van der Waals surface area contributed by atoms with E-state index in [2.05, 4.69) is 49.3 Å². The summed E-state index contributed by atoms with van der Waals surface area (Å²) >= 11 is 0. The van der Waals surface area contributed by atoms with Gasteiger partial charge in [-0.3, -0.25) is 4.79 Å². The minimum Gasteiger partial charge on any atom is -0.480 e. The number of amides is 1. The van der Waals surface area contributed by atoms with E-state index in [0.29, 0.717) is 34.9 Å². The summed E-state index contributed by atoms with van der Waals surface area (Å²) in [6, 6.07) is 4.60. The molecule has 1 aliphatic heterocycles. The number of nitrogens with zero attached hydrogens (tertiary/aromatic N) is 5. The van der Waals surface area contributed by atoms with Gasteiger partial charge in [0.25, 0.3) is 5.91 Å². The smallest absolute Gasteiger partial charge is 0.316 e. The van der Waals surface area contributed by atoms with Crippen molar-refractivity contribution in [2.45, 2.75) is 25.9 Å². The molecule has 2 aromatic heterocycles. The Hall–Kier alpha value is -3.53. The number of nitrogens with one attached hydrogen (secondary N) is 2. The van der Waals surface area contributed by atoms with Gasteiger partial charge in [0.05, 0.1) is 37.7 Å². The van der Waals surface area contributed by atoms with E-state index in [-0.39, 0.29) is 11.9 Å². The van der Waals surface area contributed by atoms with E-state index >= 15 is 0 Å². The first-order chi connectivity index (χ1) is 15.0. The number of piperazine rings is 1. The molecule has 0 bridgehead atoms. The molecular weight excluding hydrogens is 398 g/mol. The van der Waals surface area contributed by atoms with Gasteiger partial charge in [0.1, 0.15) is 0 Å². The summed E-state index contributed by atoms with van der Waals surface area (Å²) in [4.78, 5) is 32.3. The molecule has 4 rings (SSSR count). The van der Waals surface area contributed by atoms with Crippen LogP contribution in [-0.2, 0) is 0 Å². The molecule has 0 radical (unpaired) electrons. The van der Waals surface area contributed by atoms with Crippen LogP contribution in [0.15, 0.2) is 30.7 Å². The Labute approximate surface area is 180 Å². The predicted octanol–water partition coefficient (Wildman–Crippen LogP) is 1.88. The van der Waals surface area contributed by atoms with Crippen molar-refractivity contribution in [3.8, 4) is 11.9 Å². The number of benzene rings is 1. The van der Waals surface area contributed by atoms with Crippen LogP contribution in [0, 0.1) is 0 Å². The molecule has 10 nitrogen and oxygen atoms in total. The Morgan fingerprint density at radius 3 is 2.48 bits per heavy atom. The lowest BCUT2D eigenvalue weighted by atomic mass is 10.0.